The second kappa shape index (κ2) is 7.58. The number of nitrogens with zero attached hydrogens (tertiary/aromatic N) is 1. The SMILES string of the molecule is Cc1cc(C(C)C)cc(C)c1-c1cc2c3cc4ccccc4cc3n3c4cc5ccccc5cc4c(c1)c23. The minimum Gasteiger partial charge on any atom is -0.308 e. The van der Waals surface area contributed by atoms with Crippen LogP contribution in [0.4, 0.5) is 0 Å². The smallest absolute Gasteiger partial charge is 0.0620 e. The van der Waals surface area contributed by atoms with E-state index in [1.54, 1.807) is 0 Å². The zero-order valence-electron chi connectivity index (χ0n) is 22.3. The first-order chi connectivity index (χ1) is 18.5. The summed E-state index contributed by atoms with van der Waals surface area (Å²) >= 11 is 0. The molecule has 6 aromatic carbocycles. The van der Waals surface area contributed by atoms with Gasteiger partial charge in [0.2, 0.25) is 0 Å². The van der Waals surface area contributed by atoms with Crippen molar-refractivity contribution in [3.8, 4) is 11.1 Å². The van der Waals surface area contributed by atoms with Crippen molar-refractivity contribution in [1.82, 2.24) is 4.40 Å². The number of rotatable bonds is 2. The van der Waals surface area contributed by atoms with Gasteiger partial charge in [-0.05, 0) is 106 Å². The van der Waals surface area contributed by atoms with Gasteiger partial charge in [0, 0.05) is 21.5 Å². The van der Waals surface area contributed by atoms with Crippen LogP contribution in [0.5, 0.6) is 0 Å². The van der Waals surface area contributed by atoms with Crippen LogP contribution in [0, 0.1) is 13.8 Å². The van der Waals surface area contributed by atoms with Gasteiger partial charge in [-0.3, -0.25) is 0 Å². The Labute approximate surface area is 222 Å². The van der Waals surface area contributed by atoms with E-state index in [-0.39, 0.29) is 0 Å². The number of aryl methyl sites for hydroxylation is 2. The fourth-order valence-electron chi connectivity index (χ4n) is 6.84. The molecule has 0 radical (unpaired) electrons. The number of hydrogen-bond donors (Lipinski definition) is 0. The van der Waals surface area contributed by atoms with E-state index < -0.39 is 0 Å². The molecular weight excluding hydrogens is 458 g/mol. The van der Waals surface area contributed by atoms with Crippen molar-refractivity contribution in [3.63, 3.8) is 0 Å². The van der Waals surface area contributed by atoms with Crippen molar-refractivity contribution >= 4 is 59.6 Å². The molecule has 0 saturated heterocycles. The first-order valence-electron chi connectivity index (χ1n) is 13.6. The van der Waals surface area contributed by atoms with Crippen molar-refractivity contribution in [1.29, 1.82) is 0 Å². The first-order valence-corrected chi connectivity index (χ1v) is 13.6. The van der Waals surface area contributed by atoms with Gasteiger partial charge in [0.1, 0.15) is 0 Å². The zero-order valence-corrected chi connectivity index (χ0v) is 22.3. The molecule has 2 heterocycles. The highest BCUT2D eigenvalue weighted by Gasteiger charge is 2.21. The third-order valence-corrected chi connectivity index (χ3v) is 8.63. The van der Waals surface area contributed by atoms with Crippen LogP contribution in [-0.4, -0.2) is 4.40 Å². The van der Waals surface area contributed by atoms with Gasteiger partial charge in [-0.2, -0.15) is 0 Å². The Bertz CT molecular complexity index is 2080. The molecule has 8 rings (SSSR count). The highest BCUT2D eigenvalue weighted by atomic mass is 14.9. The van der Waals surface area contributed by atoms with Gasteiger partial charge >= 0.3 is 0 Å². The Morgan fingerprint density at radius 3 is 1.42 bits per heavy atom. The molecule has 0 saturated carbocycles. The van der Waals surface area contributed by atoms with E-state index in [9.17, 15) is 0 Å². The summed E-state index contributed by atoms with van der Waals surface area (Å²) in [4.78, 5) is 0. The molecule has 2 aromatic heterocycles. The molecule has 0 spiro atoms. The van der Waals surface area contributed by atoms with E-state index in [2.05, 4.69) is 129 Å². The fourth-order valence-corrected chi connectivity index (χ4v) is 6.84. The average Bonchev–Trinajstić information content (AvgIpc) is 3.40. The fraction of sp³-hybridized carbons (Fsp3) is 0.135. The van der Waals surface area contributed by atoms with Crippen LogP contribution >= 0.6 is 0 Å². The van der Waals surface area contributed by atoms with Gasteiger partial charge in [-0.1, -0.05) is 74.5 Å². The molecule has 0 aliphatic rings. The molecule has 0 unspecified atom stereocenters. The summed E-state index contributed by atoms with van der Waals surface area (Å²) in [7, 11) is 0. The van der Waals surface area contributed by atoms with Crippen LogP contribution in [0.2, 0.25) is 0 Å². The minimum atomic E-state index is 0.521. The molecule has 0 bridgehead atoms. The second-order valence-electron chi connectivity index (χ2n) is 11.4. The van der Waals surface area contributed by atoms with E-state index in [0.717, 1.165) is 0 Å². The predicted octanol–water partition coefficient (Wildman–Crippen LogP) is 10.6. The highest BCUT2D eigenvalue weighted by molar-refractivity contribution is 6.27. The highest BCUT2D eigenvalue weighted by Crippen LogP contribution is 2.44. The van der Waals surface area contributed by atoms with Crippen molar-refractivity contribution in [2.45, 2.75) is 33.6 Å². The lowest BCUT2D eigenvalue weighted by atomic mass is 9.89. The normalized spacial score (nSPS) is 12.4. The maximum atomic E-state index is 2.51. The van der Waals surface area contributed by atoms with Gasteiger partial charge in [0.25, 0.3) is 0 Å². The van der Waals surface area contributed by atoms with Crippen molar-refractivity contribution in [3.05, 3.63) is 114 Å². The third kappa shape index (κ3) is 2.88. The third-order valence-electron chi connectivity index (χ3n) is 8.63. The zero-order chi connectivity index (χ0) is 25.7. The molecule has 1 nitrogen and oxygen atoms in total. The van der Waals surface area contributed by atoms with Crippen LogP contribution in [-0.2, 0) is 0 Å². The lowest BCUT2D eigenvalue weighted by Crippen LogP contribution is -1.94. The Kier molecular flexibility index (Phi) is 4.33. The molecule has 38 heavy (non-hydrogen) atoms. The number of aromatic nitrogens is 1. The Morgan fingerprint density at radius 2 is 0.974 bits per heavy atom. The van der Waals surface area contributed by atoms with E-state index in [0.29, 0.717) is 5.92 Å². The predicted molar refractivity (Wildman–Crippen MR) is 165 cm³/mol. The summed E-state index contributed by atoms with van der Waals surface area (Å²) in [6.45, 7) is 9.11. The molecule has 0 atom stereocenters. The molecule has 0 fully saturated rings. The molecule has 0 N–H and O–H groups in total. The topological polar surface area (TPSA) is 4.41 Å². The van der Waals surface area contributed by atoms with Gasteiger partial charge in [0.05, 0.1) is 16.6 Å². The van der Waals surface area contributed by atoms with E-state index >= 15 is 0 Å². The van der Waals surface area contributed by atoms with E-state index in [1.165, 1.54) is 87.5 Å². The average molecular weight is 488 g/mol. The van der Waals surface area contributed by atoms with Gasteiger partial charge in [0.15, 0.2) is 0 Å². The molecule has 8 aromatic rings. The number of benzene rings is 6. The van der Waals surface area contributed by atoms with Crippen LogP contribution < -0.4 is 0 Å². The summed E-state index contributed by atoms with van der Waals surface area (Å²) in [5, 5.41) is 10.5. The summed E-state index contributed by atoms with van der Waals surface area (Å²) < 4.78 is 2.51. The van der Waals surface area contributed by atoms with Crippen LogP contribution in [0.1, 0.15) is 36.5 Å². The summed E-state index contributed by atoms with van der Waals surface area (Å²) in [6.07, 6.45) is 0. The first kappa shape index (κ1) is 21.7. The minimum absolute atomic E-state index is 0.521. The molecule has 0 aliphatic heterocycles. The summed E-state index contributed by atoms with van der Waals surface area (Å²) in [5.74, 6) is 0.521. The van der Waals surface area contributed by atoms with Crippen molar-refractivity contribution < 1.29 is 0 Å². The molecule has 1 heteroatoms. The summed E-state index contributed by atoms with van der Waals surface area (Å²) in [6, 6.07) is 36.7. The van der Waals surface area contributed by atoms with Gasteiger partial charge in [-0.25, -0.2) is 0 Å². The lowest BCUT2D eigenvalue weighted by Gasteiger charge is -2.15. The molecular formula is C37H29N. The maximum absolute atomic E-state index is 2.51. The van der Waals surface area contributed by atoms with Crippen molar-refractivity contribution in [2.24, 2.45) is 0 Å². The van der Waals surface area contributed by atoms with Gasteiger partial charge < -0.3 is 4.40 Å². The largest absolute Gasteiger partial charge is 0.308 e. The summed E-state index contributed by atoms with van der Waals surface area (Å²) in [5.41, 5.74) is 10.7. The monoisotopic (exact) mass is 487 g/mol. The second-order valence-corrected chi connectivity index (χ2v) is 11.4. The molecule has 0 amide bonds. The quantitative estimate of drug-likeness (QED) is 0.228. The van der Waals surface area contributed by atoms with E-state index in [1.807, 2.05) is 0 Å². The van der Waals surface area contributed by atoms with Crippen molar-refractivity contribution in [2.75, 3.05) is 0 Å². The lowest BCUT2D eigenvalue weighted by molar-refractivity contribution is 0.863. The molecule has 182 valence electrons. The Hall–Kier alpha value is -4.36. The van der Waals surface area contributed by atoms with Crippen LogP contribution in [0.15, 0.2) is 97.1 Å². The number of hydrogen-bond acceptors (Lipinski definition) is 0. The Balaban J connectivity index is 1.58. The molecule has 0 aliphatic carbocycles. The van der Waals surface area contributed by atoms with Crippen LogP contribution in [0.25, 0.3) is 70.8 Å². The Morgan fingerprint density at radius 1 is 0.526 bits per heavy atom. The van der Waals surface area contributed by atoms with Crippen LogP contribution in [0.3, 0.4) is 0 Å². The maximum Gasteiger partial charge on any atom is 0.0620 e. The van der Waals surface area contributed by atoms with Gasteiger partial charge in [-0.15, -0.1) is 0 Å². The standard InChI is InChI=1S/C37H29N/c1-21(2)28-13-22(3)36(23(4)14-28)29-17-32-30-15-24-9-5-7-11-26(24)19-34(30)38-35-20-27-12-8-6-10-25(27)16-31(35)33(18-29)37(32)38/h5-21H,1-4H3. The number of fused-ring (bicyclic) bond motifs is 8. The van der Waals surface area contributed by atoms with E-state index in [4.69, 9.17) is 0 Å².